The minimum atomic E-state index is 1.21. The lowest BCUT2D eigenvalue weighted by Crippen LogP contribution is -1.96. The zero-order chi connectivity index (χ0) is 8.39. The zero-order valence-corrected chi connectivity index (χ0v) is 9.28. The normalized spacial score (nSPS) is 16.1. The molecule has 0 saturated heterocycles. The van der Waals surface area contributed by atoms with Gasteiger partial charge < -0.3 is 0 Å². The summed E-state index contributed by atoms with van der Waals surface area (Å²) in [5, 5.41) is 0. The molecule has 1 atom stereocenters. The van der Waals surface area contributed by atoms with Crippen LogP contribution in [-0.4, -0.2) is 6.16 Å². The van der Waals surface area contributed by atoms with Crippen LogP contribution in [0.2, 0.25) is 0 Å². The van der Waals surface area contributed by atoms with Crippen molar-refractivity contribution in [3.8, 4) is 0 Å². The van der Waals surface area contributed by atoms with Gasteiger partial charge in [-0.2, -0.15) is 0 Å². The summed E-state index contributed by atoms with van der Waals surface area (Å²) in [6, 6.07) is 2.43. The third-order valence-corrected chi connectivity index (χ3v) is 4.02. The van der Waals surface area contributed by atoms with E-state index in [1.807, 2.05) is 11.3 Å². The van der Waals surface area contributed by atoms with Gasteiger partial charge in [0, 0.05) is 9.75 Å². The molecule has 0 bridgehead atoms. The topological polar surface area (TPSA) is 0 Å². The van der Waals surface area contributed by atoms with Crippen LogP contribution in [0.25, 0.3) is 0 Å². The van der Waals surface area contributed by atoms with Gasteiger partial charge in [-0.25, -0.2) is 0 Å². The quantitative estimate of drug-likeness (QED) is 0.641. The first-order chi connectivity index (χ1) is 5.90. The predicted molar refractivity (Wildman–Crippen MR) is 59.2 cm³/mol. The molecule has 0 amide bonds. The van der Waals surface area contributed by atoms with Gasteiger partial charge in [0.25, 0.3) is 0 Å². The molecule has 0 aliphatic heterocycles. The van der Waals surface area contributed by atoms with Gasteiger partial charge in [-0.15, -0.1) is 20.6 Å². The van der Waals surface area contributed by atoms with Gasteiger partial charge in [0.05, 0.1) is 0 Å². The third-order valence-electron chi connectivity index (χ3n) is 2.44. The Bertz CT molecular complexity index is 241. The molecule has 1 aliphatic carbocycles. The standard InChI is InChI=1S/C10H15PS/c11-6-5-9-7-8-3-1-2-4-10(8)12-9/h7H,1-6,11H2. The maximum atomic E-state index is 2.81. The fraction of sp³-hybridized carbons (Fsp3) is 0.600. The predicted octanol–water partition coefficient (Wildman–Crippen LogP) is 3.04. The van der Waals surface area contributed by atoms with E-state index in [1.165, 1.54) is 38.3 Å². The molecule has 1 aromatic rings. The van der Waals surface area contributed by atoms with Gasteiger partial charge in [0.15, 0.2) is 0 Å². The van der Waals surface area contributed by atoms with Crippen LogP contribution in [0.3, 0.4) is 0 Å². The van der Waals surface area contributed by atoms with E-state index in [1.54, 1.807) is 15.3 Å². The van der Waals surface area contributed by atoms with Gasteiger partial charge in [-0.1, -0.05) is 0 Å². The van der Waals surface area contributed by atoms with E-state index in [4.69, 9.17) is 0 Å². The number of thiophene rings is 1. The second-order valence-corrected chi connectivity index (χ2v) is 5.21. The van der Waals surface area contributed by atoms with Crippen LogP contribution in [0, 0.1) is 0 Å². The van der Waals surface area contributed by atoms with Crippen LogP contribution in [0.1, 0.15) is 28.2 Å². The maximum absolute atomic E-state index is 2.81. The first-order valence-corrected chi connectivity index (χ1v) is 6.34. The first kappa shape index (κ1) is 8.72. The molecule has 1 heterocycles. The van der Waals surface area contributed by atoms with Crippen molar-refractivity contribution in [2.24, 2.45) is 0 Å². The Morgan fingerprint density at radius 2 is 2.17 bits per heavy atom. The monoisotopic (exact) mass is 198 g/mol. The van der Waals surface area contributed by atoms with Crippen molar-refractivity contribution in [2.45, 2.75) is 32.1 Å². The summed E-state index contributed by atoms with van der Waals surface area (Å²) in [4.78, 5) is 3.27. The Morgan fingerprint density at radius 3 is 2.92 bits per heavy atom. The highest BCUT2D eigenvalue weighted by Crippen LogP contribution is 2.29. The smallest absolute Gasteiger partial charge is 0.00801 e. The van der Waals surface area contributed by atoms with Gasteiger partial charge in [-0.3, -0.25) is 0 Å². The Morgan fingerprint density at radius 1 is 1.33 bits per heavy atom. The molecular formula is C10H15PS. The van der Waals surface area contributed by atoms with E-state index in [-0.39, 0.29) is 0 Å². The van der Waals surface area contributed by atoms with Crippen molar-refractivity contribution in [3.05, 3.63) is 21.4 Å². The molecule has 0 fully saturated rings. The van der Waals surface area contributed by atoms with Gasteiger partial charge in [0.1, 0.15) is 0 Å². The van der Waals surface area contributed by atoms with Crippen molar-refractivity contribution in [2.75, 3.05) is 6.16 Å². The van der Waals surface area contributed by atoms with Gasteiger partial charge in [0.2, 0.25) is 0 Å². The van der Waals surface area contributed by atoms with E-state index in [0.29, 0.717) is 0 Å². The minimum absolute atomic E-state index is 1.21. The average Bonchev–Trinajstić information content (AvgIpc) is 2.47. The largest absolute Gasteiger partial charge is 0.145 e. The lowest BCUT2D eigenvalue weighted by atomic mass is 9.99. The summed E-state index contributed by atoms with van der Waals surface area (Å²) in [6.45, 7) is 0. The van der Waals surface area contributed by atoms with Crippen LogP contribution >= 0.6 is 20.6 Å². The Labute approximate surface area is 80.6 Å². The van der Waals surface area contributed by atoms with Crippen LogP contribution in [-0.2, 0) is 19.3 Å². The molecule has 2 heteroatoms. The lowest BCUT2D eigenvalue weighted by Gasteiger charge is -2.08. The highest BCUT2D eigenvalue weighted by atomic mass is 32.1. The second kappa shape index (κ2) is 3.89. The molecule has 0 aromatic carbocycles. The Kier molecular flexibility index (Phi) is 2.83. The fourth-order valence-electron chi connectivity index (χ4n) is 1.82. The van der Waals surface area contributed by atoms with Crippen molar-refractivity contribution in [1.29, 1.82) is 0 Å². The number of fused-ring (bicyclic) bond motifs is 1. The van der Waals surface area contributed by atoms with E-state index in [9.17, 15) is 0 Å². The SMILES string of the molecule is PCCc1cc2c(s1)CCCC2. The molecule has 2 rings (SSSR count). The third kappa shape index (κ3) is 1.72. The first-order valence-electron chi connectivity index (χ1n) is 4.70. The molecule has 0 radical (unpaired) electrons. The highest BCUT2D eigenvalue weighted by Gasteiger charge is 2.12. The van der Waals surface area contributed by atoms with E-state index in [2.05, 4.69) is 15.3 Å². The van der Waals surface area contributed by atoms with Crippen LogP contribution < -0.4 is 0 Å². The molecule has 12 heavy (non-hydrogen) atoms. The summed E-state index contributed by atoms with van der Waals surface area (Å²) in [5.74, 6) is 0. The van der Waals surface area contributed by atoms with Crippen molar-refractivity contribution in [1.82, 2.24) is 0 Å². The molecular weight excluding hydrogens is 183 g/mol. The van der Waals surface area contributed by atoms with E-state index < -0.39 is 0 Å². The Hall–Kier alpha value is 0.130. The number of aryl methyl sites for hydroxylation is 3. The number of rotatable bonds is 2. The van der Waals surface area contributed by atoms with Gasteiger partial charge >= 0.3 is 0 Å². The molecule has 0 N–H and O–H groups in total. The molecule has 0 nitrogen and oxygen atoms in total. The Balaban J connectivity index is 2.20. The average molecular weight is 198 g/mol. The summed E-state index contributed by atoms with van der Waals surface area (Å²) >= 11 is 2.05. The zero-order valence-electron chi connectivity index (χ0n) is 7.31. The minimum Gasteiger partial charge on any atom is -0.145 e. The van der Waals surface area contributed by atoms with Crippen molar-refractivity contribution < 1.29 is 0 Å². The van der Waals surface area contributed by atoms with E-state index in [0.717, 1.165) is 0 Å². The molecule has 1 aliphatic rings. The molecule has 0 spiro atoms. The maximum Gasteiger partial charge on any atom is 0.00801 e. The summed E-state index contributed by atoms with van der Waals surface area (Å²) in [7, 11) is 2.81. The molecule has 1 unspecified atom stereocenters. The van der Waals surface area contributed by atoms with Crippen LogP contribution in [0.5, 0.6) is 0 Å². The lowest BCUT2D eigenvalue weighted by molar-refractivity contribution is 0.697. The molecule has 66 valence electrons. The fourth-order valence-corrected chi connectivity index (χ4v) is 3.61. The van der Waals surface area contributed by atoms with Crippen molar-refractivity contribution in [3.63, 3.8) is 0 Å². The molecule has 1 aromatic heterocycles. The summed E-state index contributed by atoms with van der Waals surface area (Å²) < 4.78 is 0. The summed E-state index contributed by atoms with van der Waals surface area (Å²) in [6.07, 6.45) is 7.96. The highest BCUT2D eigenvalue weighted by molar-refractivity contribution is 7.16. The van der Waals surface area contributed by atoms with E-state index >= 15 is 0 Å². The summed E-state index contributed by atoms with van der Waals surface area (Å²) in [5.41, 5.74) is 1.65. The molecule has 0 saturated carbocycles. The second-order valence-electron chi connectivity index (χ2n) is 3.41. The van der Waals surface area contributed by atoms with Crippen molar-refractivity contribution >= 4 is 20.6 Å². The van der Waals surface area contributed by atoms with Crippen LogP contribution in [0.4, 0.5) is 0 Å². The van der Waals surface area contributed by atoms with Crippen LogP contribution in [0.15, 0.2) is 6.07 Å². The number of hydrogen-bond acceptors (Lipinski definition) is 1. The number of hydrogen-bond donors (Lipinski definition) is 0. The van der Waals surface area contributed by atoms with Gasteiger partial charge in [-0.05, 0) is 49.9 Å².